The van der Waals surface area contributed by atoms with E-state index in [1.807, 2.05) is 0 Å². The van der Waals surface area contributed by atoms with E-state index in [1.165, 1.54) is 43.3 Å². The number of nitrogens with one attached hydrogen (secondary N) is 1. The molecule has 2 rings (SSSR count). The SMILES string of the molecule is COC(=O)c1cc(NC(=O)c2cnn(C)c2)cc(C(=O)OC)c1. The van der Waals surface area contributed by atoms with Gasteiger partial charge in [-0.3, -0.25) is 9.48 Å². The van der Waals surface area contributed by atoms with Gasteiger partial charge in [0.25, 0.3) is 5.91 Å². The number of amides is 1. The van der Waals surface area contributed by atoms with Crippen LogP contribution in [-0.2, 0) is 16.5 Å². The average molecular weight is 317 g/mol. The third-order valence-electron chi connectivity index (χ3n) is 3.00. The first-order valence-corrected chi connectivity index (χ1v) is 6.56. The van der Waals surface area contributed by atoms with E-state index in [-0.39, 0.29) is 16.8 Å². The molecule has 0 bridgehead atoms. The quantitative estimate of drug-likeness (QED) is 0.852. The second-order valence-electron chi connectivity index (χ2n) is 4.64. The van der Waals surface area contributed by atoms with Crippen LogP contribution in [0.2, 0.25) is 0 Å². The fourth-order valence-corrected chi connectivity index (χ4v) is 1.91. The van der Waals surface area contributed by atoms with Crippen molar-refractivity contribution in [2.24, 2.45) is 7.05 Å². The predicted molar refractivity (Wildman–Crippen MR) is 80.3 cm³/mol. The lowest BCUT2D eigenvalue weighted by Gasteiger charge is -2.09. The standard InChI is InChI=1S/C15H15N3O5/c1-18-8-11(7-16-18)13(19)17-12-5-9(14(20)22-2)4-10(6-12)15(21)23-3/h4-8H,1-3H3,(H,17,19). The third-order valence-corrected chi connectivity index (χ3v) is 3.00. The van der Waals surface area contributed by atoms with Gasteiger partial charge >= 0.3 is 11.9 Å². The number of benzene rings is 1. The van der Waals surface area contributed by atoms with Crippen LogP contribution in [-0.4, -0.2) is 41.8 Å². The van der Waals surface area contributed by atoms with Gasteiger partial charge in [0.1, 0.15) is 0 Å². The number of rotatable bonds is 4. The molecule has 0 unspecified atom stereocenters. The van der Waals surface area contributed by atoms with Crippen molar-refractivity contribution in [2.45, 2.75) is 0 Å². The Morgan fingerprint density at radius 3 is 2.00 bits per heavy atom. The molecule has 120 valence electrons. The first-order valence-electron chi connectivity index (χ1n) is 6.56. The van der Waals surface area contributed by atoms with Gasteiger partial charge in [-0.15, -0.1) is 0 Å². The highest BCUT2D eigenvalue weighted by atomic mass is 16.5. The molecule has 8 nitrogen and oxygen atoms in total. The molecule has 0 aliphatic carbocycles. The normalized spacial score (nSPS) is 10.0. The van der Waals surface area contributed by atoms with Crippen molar-refractivity contribution in [3.05, 3.63) is 47.3 Å². The highest BCUT2D eigenvalue weighted by Gasteiger charge is 2.16. The Hall–Kier alpha value is -3.16. The highest BCUT2D eigenvalue weighted by Crippen LogP contribution is 2.18. The molecule has 0 aliphatic heterocycles. The number of hydrogen-bond donors (Lipinski definition) is 1. The van der Waals surface area contributed by atoms with E-state index in [4.69, 9.17) is 0 Å². The molecule has 0 fully saturated rings. The lowest BCUT2D eigenvalue weighted by Crippen LogP contribution is -2.14. The van der Waals surface area contributed by atoms with Crippen molar-refractivity contribution in [1.82, 2.24) is 9.78 Å². The molecule has 0 saturated heterocycles. The largest absolute Gasteiger partial charge is 0.465 e. The lowest BCUT2D eigenvalue weighted by atomic mass is 10.1. The molecule has 0 atom stereocenters. The Balaban J connectivity index is 2.34. The van der Waals surface area contributed by atoms with Crippen molar-refractivity contribution in [3.8, 4) is 0 Å². The number of carbonyl (C=O) groups is 3. The van der Waals surface area contributed by atoms with Gasteiger partial charge in [-0.05, 0) is 18.2 Å². The van der Waals surface area contributed by atoms with Crippen LogP contribution in [0.3, 0.4) is 0 Å². The second-order valence-corrected chi connectivity index (χ2v) is 4.64. The fraction of sp³-hybridized carbons (Fsp3) is 0.200. The predicted octanol–water partition coefficient (Wildman–Crippen LogP) is 1.25. The van der Waals surface area contributed by atoms with Crippen molar-refractivity contribution < 1.29 is 23.9 Å². The molecule has 0 spiro atoms. The van der Waals surface area contributed by atoms with Gasteiger partial charge in [0, 0.05) is 18.9 Å². The Labute approximate surface area is 132 Å². The molecule has 2 aromatic rings. The number of nitrogens with zero attached hydrogens (tertiary/aromatic N) is 2. The Morgan fingerprint density at radius 1 is 1.00 bits per heavy atom. The van der Waals surface area contributed by atoms with Crippen LogP contribution in [0.1, 0.15) is 31.1 Å². The van der Waals surface area contributed by atoms with Gasteiger partial charge in [-0.2, -0.15) is 5.10 Å². The zero-order chi connectivity index (χ0) is 17.0. The summed E-state index contributed by atoms with van der Waals surface area (Å²) in [6.07, 6.45) is 2.95. The number of aryl methyl sites for hydroxylation is 1. The molecule has 1 aromatic heterocycles. The zero-order valence-electron chi connectivity index (χ0n) is 12.8. The number of methoxy groups -OCH3 is 2. The van der Waals surface area contributed by atoms with E-state index >= 15 is 0 Å². The molecular weight excluding hydrogens is 302 g/mol. The maximum absolute atomic E-state index is 12.1. The Kier molecular flexibility index (Phi) is 4.75. The minimum Gasteiger partial charge on any atom is -0.465 e. The van der Waals surface area contributed by atoms with Gasteiger partial charge in [-0.25, -0.2) is 9.59 Å². The van der Waals surface area contributed by atoms with Gasteiger partial charge in [0.05, 0.1) is 37.1 Å². The first kappa shape index (κ1) is 16.2. The summed E-state index contributed by atoms with van der Waals surface area (Å²) < 4.78 is 10.8. The summed E-state index contributed by atoms with van der Waals surface area (Å²) >= 11 is 0. The number of aromatic nitrogens is 2. The number of anilines is 1. The molecule has 0 saturated carbocycles. The van der Waals surface area contributed by atoms with Crippen LogP contribution < -0.4 is 5.32 Å². The van der Waals surface area contributed by atoms with Crippen LogP contribution in [0.5, 0.6) is 0 Å². The molecule has 8 heteroatoms. The molecule has 1 aromatic carbocycles. The highest BCUT2D eigenvalue weighted by molar-refractivity contribution is 6.05. The topological polar surface area (TPSA) is 99.5 Å². The summed E-state index contributed by atoms with van der Waals surface area (Å²) in [5.74, 6) is -1.68. The first-order chi connectivity index (χ1) is 10.9. The van der Waals surface area contributed by atoms with Gasteiger partial charge in [0.15, 0.2) is 0 Å². The molecule has 23 heavy (non-hydrogen) atoms. The lowest BCUT2D eigenvalue weighted by molar-refractivity contribution is 0.0599. The molecule has 1 N–H and O–H groups in total. The summed E-state index contributed by atoms with van der Waals surface area (Å²) in [4.78, 5) is 35.5. The van der Waals surface area contributed by atoms with E-state index in [0.29, 0.717) is 5.56 Å². The van der Waals surface area contributed by atoms with Gasteiger partial charge < -0.3 is 14.8 Å². The summed E-state index contributed by atoms with van der Waals surface area (Å²) in [7, 11) is 4.13. The van der Waals surface area contributed by atoms with Crippen LogP contribution in [0.25, 0.3) is 0 Å². The summed E-state index contributed by atoms with van der Waals surface area (Å²) in [5.41, 5.74) is 0.853. The van der Waals surface area contributed by atoms with Gasteiger partial charge in [0.2, 0.25) is 0 Å². The van der Waals surface area contributed by atoms with E-state index in [1.54, 1.807) is 13.2 Å². The van der Waals surface area contributed by atoms with Crippen LogP contribution in [0, 0.1) is 0 Å². The Bertz CT molecular complexity index is 732. The molecular formula is C15H15N3O5. The second kappa shape index (κ2) is 6.73. The maximum Gasteiger partial charge on any atom is 0.337 e. The number of esters is 2. The monoisotopic (exact) mass is 317 g/mol. The smallest absolute Gasteiger partial charge is 0.337 e. The molecule has 1 amide bonds. The van der Waals surface area contributed by atoms with E-state index in [9.17, 15) is 14.4 Å². The fourth-order valence-electron chi connectivity index (χ4n) is 1.91. The maximum atomic E-state index is 12.1. The minimum absolute atomic E-state index is 0.122. The van der Waals surface area contributed by atoms with Crippen molar-refractivity contribution in [3.63, 3.8) is 0 Å². The summed E-state index contributed by atoms with van der Waals surface area (Å²) in [5, 5.41) is 6.51. The number of hydrogen-bond acceptors (Lipinski definition) is 6. The van der Waals surface area contributed by atoms with Crippen molar-refractivity contribution in [2.75, 3.05) is 19.5 Å². The summed E-state index contributed by atoms with van der Waals surface area (Å²) in [6.45, 7) is 0. The van der Waals surface area contributed by atoms with Crippen LogP contribution >= 0.6 is 0 Å². The molecule has 0 aliphatic rings. The summed E-state index contributed by atoms with van der Waals surface area (Å²) in [6, 6.07) is 4.15. The van der Waals surface area contributed by atoms with Crippen LogP contribution in [0.4, 0.5) is 5.69 Å². The molecule has 0 radical (unpaired) electrons. The number of ether oxygens (including phenoxy) is 2. The van der Waals surface area contributed by atoms with Crippen LogP contribution in [0.15, 0.2) is 30.6 Å². The van der Waals surface area contributed by atoms with E-state index in [0.717, 1.165) is 0 Å². The van der Waals surface area contributed by atoms with Gasteiger partial charge in [-0.1, -0.05) is 0 Å². The average Bonchev–Trinajstić information content (AvgIpc) is 2.99. The Morgan fingerprint density at radius 2 is 1.57 bits per heavy atom. The zero-order valence-corrected chi connectivity index (χ0v) is 12.8. The molecule has 1 heterocycles. The van der Waals surface area contributed by atoms with E-state index in [2.05, 4.69) is 19.9 Å². The van der Waals surface area contributed by atoms with Crippen molar-refractivity contribution >= 4 is 23.5 Å². The van der Waals surface area contributed by atoms with Crippen molar-refractivity contribution in [1.29, 1.82) is 0 Å². The van der Waals surface area contributed by atoms with E-state index < -0.39 is 17.8 Å². The number of carbonyl (C=O) groups excluding carboxylic acids is 3. The minimum atomic E-state index is -0.632. The third kappa shape index (κ3) is 3.73.